The summed E-state index contributed by atoms with van der Waals surface area (Å²) >= 11 is 0. The maximum atomic E-state index is 11.3. The van der Waals surface area contributed by atoms with Gasteiger partial charge in [-0.15, -0.1) is 0 Å². The zero-order chi connectivity index (χ0) is 14.0. The highest BCUT2D eigenvalue weighted by molar-refractivity contribution is 5.83. The number of aliphatic hydroxyl groups is 1. The molecular formula is C15H21NO3. The van der Waals surface area contributed by atoms with E-state index in [1.54, 1.807) is 0 Å². The monoisotopic (exact) mass is 263 g/mol. The van der Waals surface area contributed by atoms with E-state index >= 15 is 0 Å². The number of hydrogen-bond donors (Lipinski definition) is 2. The molecule has 0 radical (unpaired) electrons. The number of rotatable bonds is 5. The molecule has 1 aliphatic heterocycles. The van der Waals surface area contributed by atoms with Gasteiger partial charge in [0.2, 0.25) is 0 Å². The Morgan fingerprint density at radius 3 is 2.58 bits per heavy atom. The Hall–Kier alpha value is -1.55. The summed E-state index contributed by atoms with van der Waals surface area (Å²) in [5.41, 5.74) is 1.04. The number of aliphatic carboxylic acids is 1. The molecule has 1 aromatic carbocycles. The molecule has 1 unspecified atom stereocenters. The van der Waals surface area contributed by atoms with Gasteiger partial charge in [0.25, 0.3) is 0 Å². The molecule has 0 saturated heterocycles. The average molecular weight is 263 g/mol. The molecule has 4 heteroatoms. The highest BCUT2D eigenvalue weighted by Gasteiger charge is 2.36. The number of fused-ring (bicyclic) bond motifs is 1. The third-order valence-corrected chi connectivity index (χ3v) is 4.16. The van der Waals surface area contributed by atoms with Gasteiger partial charge >= 0.3 is 5.97 Å². The molecule has 1 aliphatic rings. The Bertz CT molecular complexity index is 468. The predicted octanol–water partition coefficient (Wildman–Crippen LogP) is 2.23. The summed E-state index contributed by atoms with van der Waals surface area (Å²) < 4.78 is 0. The van der Waals surface area contributed by atoms with Gasteiger partial charge in [-0.2, -0.15) is 0 Å². The first-order chi connectivity index (χ1) is 9.00. The molecule has 1 heterocycles. The lowest BCUT2D eigenvalue weighted by molar-refractivity contribution is -0.138. The van der Waals surface area contributed by atoms with Crippen LogP contribution in [0.15, 0.2) is 24.3 Å². The van der Waals surface area contributed by atoms with Crippen molar-refractivity contribution in [2.24, 2.45) is 0 Å². The van der Waals surface area contributed by atoms with E-state index in [-0.39, 0.29) is 0 Å². The molecule has 2 N–H and O–H groups in total. The van der Waals surface area contributed by atoms with Crippen molar-refractivity contribution in [2.75, 3.05) is 18.0 Å². The fourth-order valence-corrected chi connectivity index (χ4v) is 2.68. The van der Waals surface area contributed by atoms with Crippen molar-refractivity contribution >= 4 is 11.7 Å². The number of nitrogens with zero attached hydrogens (tertiary/aromatic N) is 1. The lowest BCUT2D eigenvalue weighted by Crippen LogP contribution is -2.42. The molecule has 0 amide bonds. The number of carbonyl (C=O) groups is 1. The molecule has 0 bridgehead atoms. The van der Waals surface area contributed by atoms with E-state index in [9.17, 15) is 15.0 Å². The lowest BCUT2D eigenvalue weighted by Gasteiger charge is -2.32. The van der Waals surface area contributed by atoms with Crippen LogP contribution in [0.5, 0.6) is 0 Å². The minimum atomic E-state index is -0.800. The molecule has 0 aromatic heterocycles. The summed E-state index contributed by atoms with van der Waals surface area (Å²) in [6, 6.07) is 7.58. The summed E-state index contributed by atoms with van der Waals surface area (Å²) in [5.74, 6) is -1.29. The number of carboxylic acid groups (broad SMARTS) is 1. The van der Waals surface area contributed by atoms with Gasteiger partial charge in [-0.3, -0.25) is 4.79 Å². The fraction of sp³-hybridized carbons (Fsp3) is 0.533. The molecule has 1 atom stereocenters. The summed E-state index contributed by atoms with van der Waals surface area (Å²) in [6.07, 6.45) is 1.33. The van der Waals surface area contributed by atoms with Gasteiger partial charge in [0.15, 0.2) is 0 Å². The number of anilines is 1. The van der Waals surface area contributed by atoms with E-state index < -0.39 is 17.5 Å². The van der Waals surface area contributed by atoms with E-state index in [0.29, 0.717) is 25.9 Å². The first kappa shape index (κ1) is 13.9. The SMILES string of the molecule is CCC(O)(CC)CN1CC(C(=O)O)c2ccccc21. The zero-order valence-electron chi connectivity index (χ0n) is 11.5. The maximum Gasteiger partial charge on any atom is 0.312 e. The lowest BCUT2D eigenvalue weighted by atomic mass is 9.97. The molecule has 0 saturated carbocycles. The normalized spacial score (nSPS) is 18.5. The first-order valence-electron chi connectivity index (χ1n) is 6.80. The fourth-order valence-electron chi connectivity index (χ4n) is 2.68. The van der Waals surface area contributed by atoms with Gasteiger partial charge < -0.3 is 15.1 Å². The maximum absolute atomic E-state index is 11.3. The van der Waals surface area contributed by atoms with Crippen LogP contribution in [0.25, 0.3) is 0 Å². The Kier molecular flexibility index (Phi) is 3.80. The minimum Gasteiger partial charge on any atom is -0.481 e. The van der Waals surface area contributed by atoms with Gasteiger partial charge in [-0.05, 0) is 24.5 Å². The number of carboxylic acids is 1. The second-order valence-corrected chi connectivity index (χ2v) is 5.26. The van der Waals surface area contributed by atoms with Crippen LogP contribution in [-0.4, -0.2) is 34.9 Å². The van der Waals surface area contributed by atoms with Crippen molar-refractivity contribution in [3.05, 3.63) is 29.8 Å². The molecule has 2 rings (SSSR count). The Morgan fingerprint density at radius 2 is 2.00 bits per heavy atom. The van der Waals surface area contributed by atoms with Crippen molar-refractivity contribution in [1.29, 1.82) is 0 Å². The quantitative estimate of drug-likeness (QED) is 0.855. The van der Waals surface area contributed by atoms with Crippen LogP contribution in [0, 0.1) is 0 Å². The van der Waals surface area contributed by atoms with E-state index in [1.807, 2.05) is 43.0 Å². The topological polar surface area (TPSA) is 60.8 Å². The molecule has 0 spiro atoms. The van der Waals surface area contributed by atoms with Crippen molar-refractivity contribution < 1.29 is 15.0 Å². The molecular weight excluding hydrogens is 242 g/mol. The Labute approximate surface area is 113 Å². The number of para-hydroxylation sites is 1. The van der Waals surface area contributed by atoms with Crippen LogP contribution < -0.4 is 4.90 Å². The molecule has 19 heavy (non-hydrogen) atoms. The van der Waals surface area contributed by atoms with Gasteiger partial charge in [0.1, 0.15) is 5.92 Å². The third kappa shape index (κ3) is 2.59. The summed E-state index contributed by atoms with van der Waals surface area (Å²) in [7, 11) is 0. The Morgan fingerprint density at radius 1 is 1.37 bits per heavy atom. The van der Waals surface area contributed by atoms with Gasteiger partial charge in [-0.1, -0.05) is 32.0 Å². The molecule has 1 aromatic rings. The summed E-state index contributed by atoms with van der Waals surface area (Å²) in [5, 5.41) is 19.8. The zero-order valence-corrected chi connectivity index (χ0v) is 11.5. The van der Waals surface area contributed by atoms with Crippen molar-refractivity contribution in [3.63, 3.8) is 0 Å². The van der Waals surface area contributed by atoms with Gasteiger partial charge in [0, 0.05) is 18.8 Å². The van der Waals surface area contributed by atoms with Crippen LogP contribution in [0.3, 0.4) is 0 Å². The molecule has 0 fully saturated rings. The van der Waals surface area contributed by atoms with E-state index in [0.717, 1.165) is 11.3 Å². The van der Waals surface area contributed by atoms with Gasteiger partial charge in [0.05, 0.1) is 5.60 Å². The third-order valence-electron chi connectivity index (χ3n) is 4.16. The molecule has 104 valence electrons. The summed E-state index contributed by atoms with van der Waals surface area (Å²) in [4.78, 5) is 13.3. The largest absolute Gasteiger partial charge is 0.481 e. The highest BCUT2D eigenvalue weighted by atomic mass is 16.4. The second kappa shape index (κ2) is 5.21. The first-order valence-corrected chi connectivity index (χ1v) is 6.80. The average Bonchev–Trinajstić information content (AvgIpc) is 2.78. The van der Waals surface area contributed by atoms with Crippen molar-refractivity contribution in [2.45, 2.75) is 38.2 Å². The van der Waals surface area contributed by atoms with E-state index in [2.05, 4.69) is 0 Å². The van der Waals surface area contributed by atoms with Crippen LogP contribution in [0.4, 0.5) is 5.69 Å². The van der Waals surface area contributed by atoms with Gasteiger partial charge in [-0.25, -0.2) is 0 Å². The van der Waals surface area contributed by atoms with Crippen LogP contribution in [0.1, 0.15) is 38.2 Å². The van der Waals surface area contributed by atoms with E-state index in [1.165, 1.54) is 0 Å². The smallest absolute Gasteiger partial charge is 0.312 e. The minimum absolute atomic E-state index is 0.441. The van der Waals surface area contributed by atoms with E-state index in [4.69, 9.17) is 0 Å². The molecule has 0 aliphatic carbocycles. The summed E-state index contributed by atoms with van der Waals surface area (Å²) in [6.45, 7) is 4.85. The van der Waals surface area contributed by atoms with Crippen LogP contribution in [0.2, 0.25) is 0 Å². The standard InChI is InChI=1S/C15H21NO3/c1-3-15(19,4-2)10-16-9-12(14(17)18)11-7-5-6-8-13(11)16/h5-8,12,19H,3-4,9-10H2,1-2H3,(H,17,18). The number of benzene rings is 1. The predicted molar refractivity (Wildman–Crippen MR) is 74.6 cm³/mol. The second-order valence-electron chi connectivity index (χ2n) is 5.26. The number of hydrogen-bond acceptors (Lipinski definition) is 3. The Balaban J connectivity index is 2.28. The highest BCUT2D eigenvalue weighted by Crippen LogP contribution is 2.37. The molecule has 4 nitrogen and oxygen atoms in total. The van der Waals surface area contributed by atoms with Crippen molar-refractivity contribution in [1.82, 2.24) is 0 Å². The van der Waals surface area contributed by atoms with Crippen LogP contribution >= 0.6 is 0 Å². The van der Waals surface area contributed by atoms with Crippen molar-refractivity contribution in [3.8, 4) is 0 Å². The number of β-amino-alcohol motifs (C(OH)–C–C–N with tert-alkyl or cyclic N) is 1. The van der Waals surface area contributed by atoms with Crippen LogP contribution in [-0.2, 0) is 4.79 Å².